The van der Waals surface area contributed by atoms with Gasteiger partial charge in [-0.15, -0.1) is 0 Å². The predicted molar refractivity (Wildman–Crippen MR) is 55.9 cm³/mol. The van der Waals surface area contributed by atoms with E-state index in [4.69, 9.17) is 4.74 Å². The van der Waals surface area contributed by atoms with Gasteiger partial charge in [0.05, 0.1) is 6.26 Å². The highest BCUT2D eigenvalue weighted by Gasteiger charge is 1.93. The van der Waals surface area contributed by atoms with Crippen LogP contribution in [0.4, 0.5) is 0 Å². The number of benzene rings is 1. The third-order valence-electron chi connectivity index (χ3n) is 1.78. The molecular formula is C12H16O. The van der Waals surface area contributed by atoms with E-state index in [2.05, 4.69) is 19.1 Å². The van der Waals surface area contributed by atoms with Crippen LogP contribution in [0.5, 0.6) is 5.75 Å². The Hall–Kier alpha value is -1.24. The predicted octanol–water partition coefficient (Wildman–Crippen LogP) is 3.55. The van der Waals surface area contributed by atoms with Crippen molar-refractivity contribution in [1.29, 1.82) is 0 Å². The molecule has 1 rings (SSSR count). The summed E-state index contributed by atoms with van der Waals surface area (Å²) in [5.41, 5.74) is 1.34. The van der Waals surface area contributed by atoms with Gasteiger partial charge in [-0.1, -0.05) is 31.6 Å². The average Bonchev–Trinajstić information content (AvgIpc) is 2.16. The molecule has 0 aliphatic carbocycles. The highest BCUT2D eigenvalue weighted by molar-refractivity contribution is 5.29. The molecule has 0 spiro atoms. The number of aryl methyl sites for hydroxylation is 1. The van der Waals surface area contributed by atoms with Crippen molar-refractivity contribution in [2.24, 2.45) is 0 Å². The molecule has 0 saturated heterocycles. The van der Waals surface area contributed by atoms with Crippen molar-refractivity contribution in [2.75, 3.05) is 0 Å². The van der Waals surface area contributed by atoms with E-state index in [0.29, 0.717) is 0 Å². The van der Waals surface area contributed by atoms with Crippen LogP contribution in [-0.2, 0) is 6.42 Å². The van der Waals surface area contributed by atoms with E-state index in [1.165, 1.54) is 12.0 Å². The molecule has 0 radical (unpaired) electrons. The van der Waals surface area contributed by atoms with Crippen molar-refractivity contribution >= 4 is 0 Å². The Kier molecular flexibility index (Phi) is 4.10. The summed E-state index contributed by atoms with van der Waals surface area (Å²) >= 11 is 0. The molecule has 0 aliphatic rings. The monoisotopic (exact) mass is 176 g/mol. The van der Waals surface area contributed by atoms with Gasteiger partial charge in [0.25, 0.3) is 0 Å². The van der Waals surface area contributed by atoms with E-state index in [1.54, 1.807) is 6.26 Å². The molecule has 1 heteroatoms. The van der Waals surface area contributed by atoms with Crippen molar-refractivity contribution in [1.82, 2.24) is 0 Å². The van der Waals surface area contributed by atoms with Crippen LogP contribution in [0.3, 0.4) is 0 Å². The maximum atomic E-state index is 5.36. The highest BCUT2D eigenvalue weighted by Crippen LogP contribution is 2.14. The normalized spacial score (nSPS) is 10.6. The second kappa shape index (κ2) is 5.41. The number of hydrogen-bond donors (Lipinski definition) is 0. The number of ether oxygens (including phenoxy) is 1. The largest absolute Gasteiger partial charge is 0.465 e. The van der Waals surface area contributed by atoms with Gasteiger partial charge in [-0.2, -0.15) is 0 Å². The van der Waals surface area contributed by atoms with Crippen LogP contribution >= 0.6 is 0 Å². The summed E-state index contributed by atoms with van der Waals surface area (Å²) in [6.07, 6.45) is 5.87. The first kappa shape index (κ1) is 9.85. The van der Waals surface area contributed by atoms with Crippen molar-refractivity contribution in [3.8, 4) is 5.75 Å². The van der Waals surface area contributed by atoms with Crippen molar-refractivity contribution in [3.05, 3.63) is 42.2 Å². The van der Waals surface area contributed by atoms with Crippen LogP contribution in [0.2, 0.25) is 0 Å². The standard InChI is InChI=1S/C12H16O/c1-3-6-11-7-5-8-12(10-11)13-9-4-2/h4-5,7-10H,3,6H2,1-2H3. The van der Waals surface area contributed by atoms with Gasteiger partial charge in [-0.05, 0) is 31.0 Å². The van der Waals surface area contributed by atoms with E-state index in [9.17, 15) is 0 Å². The maximum Gasteiger partial charge on any atom is 0.126 e. The quantitative estimate of drug-likeness (QED) is 0.637. The van der Waals surface area contributed by atoms with Gasteiger partial charge in [0.1, 0.15) is 5.75 Å². The van der Waals surface area contributed by atoms with Gasteiger partial charge in [-0.3, -0.25) is 0 Å². The van der Waals surface area contributed by atoms with Crippen LogP contribution in [-0.4, -0.2) is 0 Å². The molecule has 0 N–H and O–H groups in total. The highest BCUT2D eigenvalue weighted by atomic mass is 16.5. The fourth-order valence-corrected chi connectivity index (χ4v) is 1.21. The van der Waals surface area contributed by atoms with E-state index in [1.807, 2.05) is 25.1 Å². The van der Waals surface area contributed by atoms with Gasteiger partial charge < -0.3 is 4.74 Å². The lowest BCUT2D eigenvalue weighted by Gasteiger charge is -2.02. The fourth-order valence-electron chi connectivity index (χ4n) is 1.21. The first-order chi connectivity index (χ1) is 6.36. The molecule has 0 heterocycles. The Morgan fingerprint density at radius 1 is 1.38 bits per heavy atom. The smallest absolute Gasteiger partial charge is 0.126 e. The third kappa shape index (κ3) is 3.32. The van der Waals surface area contributed by atoms with E-state index in [0.717, 1.165) is 12.2 Å². The van der Waals surface area contributed by atoms with Crippen LogP contribution < -0.4 is 4.74 Å². The molecule has 0 aliphatic heterocycles. The summed E-state index contributed by atoms with van der Waals surface area (Å²) in [5.74, 6) is 0.920. The molecule has 0 unspecified atom stereocenters. The van der Waals surface area contributed by atoms with Crippen molar-refractivity contribution in [2.45, 2.75) is 26.7 Å². The van der Waals surface area contributed by atoms with E-state index < -0.39 is 0 Å². The number of rotatable bonds is 4. The fraction of sp³-hybridized carbons (Fsp3) is 0.333. The summed E-state index contributed by atoms with van der Waals surface area (Å²) < 4.78 is 5.36. The van der Waals surface area contributed by atoms with Gasteiger partial charge in [0, 0.05) is 0 Å². The molecule has 0 bridgehead atoms. The van der Waals surface area contributed by atoms with Gasteiger partial charge >= 0.3 is 0 Å². The molecule has 0 aromatic heterocycles. The number of hydrogen-bond acceptors (Lipinski definition) is 1. The second-order valence-corrected chi connectivity index (χ2v) is 2.98. The molecular weight excluding hydrogens is 160 g/mol. The van der Waals surface area contributed by atoms with Gasteiger partial charge in [-0.25, -0.2) is 0 Å². The van der Waals surface area contributed by atoms with Crippen molar-refractivity contribution < 1.29 is 4.74 Å². The molecule has 70 valence electrons. The van der Waals surface area contributed by atoms with Crippen molar-refractivity contribution in [3.63, 3.8) is 0 Å². The molecule has 0 amide bonds. The second-order valence-electron chi connectivity index (χ2n) is 2.98. The van der Waals surface area contributed by atoms with Crippen LogP contribution in [0.1, 0.15) is 25.8 Å². The zero-order valence-corrected chi connectivity index (χ0v) is 8.29. The number of allylic oxidation sites excluding steroid dienone is 1. The first-order valence-electron chi connectivity index (χ1n) is 4.73. The molecule has 1 nitrogen and oxygen atoms in total. The Balaban J connectivity index is 2.67. The van der Waals surface area contributed by atoms with E-state index in [-0.39, 0.29) is 0 Å². The summed E-state index contributed by atoms with van der Waals surface area (Å²) in [6, 6.07) is 8.22. The first-order valence-corrected chi connectivity index (χ1v) is 4.73. The lowest BCUT2D eigenvalue weighted by Crippen LogP contribution is -1.85. The molecule has 0 saturated carbocycles. The molecule has 1 aromatic carbocycles. The lowest BCUT2D eigenvalue weighted by molar-refractivity contribution is 0.479. The minimum atomic E-state index is 0.920. The molecule has 1 aromatic rings. The Labute approximate surface area is 80.0 Å². The molecule has 0 fully saturated rings. The Bertz CT molecular complexity index is 276. The zero-order valence-electron chi connectivity index (χ0n) is 8.29. The lowest BCUT2D eigenvalue weighted by atomic mass is 10.1. The summed E-state index contributed by atoms with van der Waals surface area (Å²) in [5, 5.41) is 0. The van der Waals surface area contributed by atoms with Gasteiger partial charge in [0.2, 0.25) is 0 Å². The zero-order chi connectivity index (χ0) is 9.52. The Morgan fingerprint density at radius 3 is 2.92 bits per heavy atom. The van der Waals surface area contributed by atoms with Crippen LogP contribution in [0.25, 0.3) is 0 Å². The van der Waals surface area contributed by atoms with E-state index >= 15 is 0 Å². The SMILES string of the molecule is CC=COc1cccc(CCC)c1. The third-order valence-corrected chi connectivity index (χ3v) is 1.78. The van der Waals surface area contributed by atoms with Crippen LogP contribution in [0, 0.1) is 0 Å². The minimum absolute atomic E-state index is 0.920. The average molecular weight is 176 g/mol. The topological polar surface area (TPSA) is 9.23 Å². The maximum absolute atomic E-state index is 5.36. The summed E-state index contributed by atoms with van der Waals surface area (Å²) in [4.78, 5) is 0. The summed E-state index contributed by atoms with van der Waals surface area (Å²) in [7, 11) is 0. The molecule has 13 heavy (non-hydrogen) atoms. The summed E-state index contributed by atoms with van der Waals surface area (Å²) in [6.45, 7) is 4.12. The molecule has 0 atom stereocenters. The minimum Gasteiger partial charge on any atom is -0.465 e. The van der Waals surface area contributed by atoms with Gasteiger partial charge in [0.15, 0.2) is 0 Å². The Morgan fingerprint density at radius 2 is 2.23 bits per heavy atom. The van der Waals surface area contributed by atoms with Crippen LogP contribution in [0.15, 0.2) is 36.6 Å².